The molecule has 1 saturated heterocycles. The first-order valence-corrected chi connectivity index (χ1v) is 21.2. The summed E-state index contributed by atoms with van der Waals surface area (Å²) >= 11 is 0. The highest BCUT2D eigenvalue weighted by Gasteiger charge is 2.51. The number of nitrogens with zero attached hydrogens (tertiary/aromatic N) is 3. The molecule has 61 heavy (non-hydrogen) atoms. The van der Waals surface area contributed by atoms with Crippen molar-refractivity contribution in [2.24, 2.45) is 39.6 Å². The van der Waals surface area contributed by atoms with Gasteiger partial charge >= 0.3 is 11.8 Å². The minimum absolute atomic E-state index is 0.0538. The summed E-state index contributed by atoms with van der Waals surface area (Å²) in [5.74, 6) is -6.57. The standard InChI is InChI=1S/C46H62N4O11/c1-22(2)21-50-18-16-46(17-19-50)48-34-31-32-39(54)28(8)42-33(31)43(56)45(10,61-42)59-20-15-30(58-11)25(5)41(60-29(9)51)27(7)38(53)26(6)37(52)23(3)13-12-14-24(4)44(57)47-36(40(32)55)35(34)49-46/h12-15,20,22-23,25-27,30,37-38,41,48,52-55H,16-19,21H2,1-11H3. The molecule has 4 aliphatic rings. The molecule has 9 unspecified atom stereocenters. The van der Waals surface area contributed by atoms with E-state index in [1.54, 1.807) is 65.8 Å². The van der Waals surface area contributed by atoms with Crippen molar-refractivity contribution in [2.75, 3.05) is 32.1 Å². The Balaban J connectivity index is 1.55. The van der Waals surface area contributed by atoms with Crippen LogP contribution in [0, 0.1) is 36.5 Å². The second-order valence-corrected chi connectivity index (χ2v) is 18.0. The van der Waals surface area contributed by atoms with Crippen LogP contribution in [0.25, 0.3) is 10.8 Å². The van der Waals surface area contributed by atoms with Crippen LogP contribution in [0.5, 0.6) is 17.2 Å². The number of phenols is 2. The molecule has 15 nitrogen and oxygen atoms in total. The normalized spacial score (nSPS) is 30.8. The predicted octanol–water partition coefficient (Wildman–Crippen LogP) is 4.75. The molecule has 0 radical (unpaired) electrons. The molecule has 4 heterocycles. The number of hydrogen-bond donors (Lipinski definition) is 5. The first-order valence-electron chi connectivity index (χ1n) is 21.2. The first kappa shape index (κ1) is 45.7. The number of esters is 1. The highest BCUT2D eigenvalue weighted by Crippen LogP contribution is 2.51. The van der Waals surface area contributed by atoms with Gasteiger partial charge in [0.15, 0.2) is 5.75 Å². The maximum atomic E-state index is 14.7. The Kier molecular flexibility index (Phi) is 13.1. The number of benzene rings is 2. The van der Waals surface area contributed by atoms with Crippen molar-refractivity contribution in [3.05, 3.63) is 58.0 Å². The SMILES string of the molecule is COC1C=COC2(C)Oc3c(C)c(O)c4c(O)c(c5c(c4c3C2=O)NC2(CCN(CC(C)C)CC2)N=5)=NC(=O)C(C)=CC=CC(C)C(O)C(C)C(O)C(C)C(OC(C)=O)C1C. The zero-order valence-electron chi connectivity index (χ0n) is 37.1. The Morgan fingerprint density at radius 2 is 1.66 bits per heavy atom. The quantitative estimate of drug-likeness (QED) is 0.208. The number of allylic oxidation sites excluding steroid dienone is 2. The number of carbonyl (C=O) groups is 3. The van der Waals surface area contributed by atoms with Crippen molar-refractivity contribution >= 4 is 34.1 Å². The number of ether oxygens (including phenoxy) is 4. The molecule has 4 aliphatic heterocycles. The fraction of sp³-hybridized carbons (Fsp3) is 0.587. The number of carbonyl (C=O) groups excluding carboxylic acids is 3. The average molecular weight is 847 g/mol. The van der Waals surface area contributed by atoms with Crippen LogP contribution in [0.1, 0.15) is 91.1 Å². The van der Waals surface area contributed by atoms with Gasteiger partial charge in [-0.05, 0) is 25.8 Å². The molecule has 1 fully saturated rings. The van der Waals surface area contributed by atoms with E-state index in [0.717, 1.165) is 19.6 Å². The van der Waals surface area contributed by atoms with Gasteiger partial charge in [-0.2, -0.15) is 0 Å². The third-order valence-electron chi connectivity index (χ3n) is 12.9. The van der Waals surface area contributed by atoms with Gasteiger partial charge in [0, 0.05) is 93.6 Å². The summed E-state index contributed by atoms with van der Waals surface area (Å²) in [5.41, 5.74) is -0.111. The van der Waals surface area contributed by atoms with Gasteiger partial charge in [0.25, 0.3) is 11.7 Å². The van der Waals surface area contributed by atoms with E-state index in [1.807, 2.05) is 0 Å². The van der Waals surface area contributed by atoms with Crippen LogP contribution in [0.4, 0.5) is 5.69 Å². The molecule has 0 aromatic heterocycles. The van der Waals surface area contributed by atoms with E-state index in [4.69, 9.17) is 23.9 Å². The molecule has 1 spiro atoms. The number of methoxy groups -OCH3 is 1. The van der Waals surface area contributed by atoms with Crippen molar-refractivity contribution < 1.29 is 53.8 Å². The van der Waals surface area contributed by atoms with Gasteiger partial charge < -0.3 is 49.6 Å². The zero-order chi connectivity index (χ0) is 44.9. The number of ketones is 1. The molecule has 2 aromatic carbocycles. The van der Waals surface area contributed by atoms with Crippen LogP contribution in [-0.4, -0.2) is 106 Å². The number of aliphatic hydroxyl groups is 2. The molecule has 9 atom stereocenters. The molecule has 2 aromatic rings. The number of Topliss-reactive ketones (excluding diaryl/α,β-unsaturated/α-hetero) is 1. The third kappa shape index (κ3) is 8.54. The maximum absolute atomic E-state index is 14.7. The Morgan fingerprint density at radius 1 is 0.984 bits per heavy atom. The average Bonchev–Trinajstić information content (AvgIpc) is 3.71. The minimum Gasteiger partial charge on any atom is -0.507 e. The minimum atomic E-state index is -1.95. The van der Waals surface area contributed by atoms with Gasteiger partial charge in [-0.25, -0.2) is 4.99 Å². The lowest BCUT2D eigenvalue weighted by Crippen LogP contribution is -2.47. The van der Waals surface area contributed by atoms with E-state index in [1.165, 1.54) is 27.2 Å². The summed E-state index contributed by atoms with van der Waals surface area (Å²) in [4.78, 5) is 52.9. The Labute approximate surface area is 356 Å². The third-order valence-corrected chi connectivity index (χ3v) is 12.9. The Hall–Kier alpha value is -4.83. The largest absolute Gasteiger partial charge is 0.507 e. The van der Waals surface area contributed by atoms with E-state index in [0.29, 0.717) is 24.4 Å². The number of rotatable bonds is 4. The summed E-state index contributed by atoms with van der Waals surface area (Å²) in [7, 11) is 1.47. The number of hydrogen-bond acceptors (Lipinski definition) is 14. The highest BCUT2D eigenvalue weighted by atomic mass is 16.7. The molecule has 4 bridgehead atoms. The highest BCUT2D eigenvalue weighted by molar-refractivity contribution is 6.21. The molecular weight excluding hydrogens is 785 g/mol. The molecular formula is C46H62N4O11. The first-order chi connectivity index (χ1) is 28.6. The second kappa shape index (κ2) is 17.5. The predicted molar refractivity (Wildman–Crippen MR) is 228 cm³/mol. The van der Waals surface area contributed by atoms with Crippen LogP contribution in [-0.2, 0) is 23.8 Å². The van der Waals surface area contributed by atoms with E-state index in [-0.39, 0.29) is 49.7 Å². The summed E-state index contributed by atoms with van der Waals surface area (Å²) in [6.45, 7) is 19.6. The van der Waals surface area contributed by atoms with Crippen LogP contribution in [0.2, 0.25) is 0 Å². The van der Waals surface area contributed by atoms with Crippen molar-refractivity contribution in [3.8, 4) is 17.2 Å². The number of anilines is 1. The number of nitrogens with one attached hydrogen (secondary N) is 1. The van der Waals surface area contributed by atoms with Gasteiger partial charge in [-0.15, -0.1) is 0 Å². The van der Waals surface area contributed by atoms with Crippen molar-refractivity contribution in [3.63, 3.8) is 0 Å². The van der Waals surface area contributed by atoms with Crippen molar-refractivity contribution in [1.82, 2.24) is 4.90 Å². The van der Waals surface area contributed by atoms with Gasteiger partial charge in [-0.1, -0.05) is 59.8 Å². The Bertz CT molecular complexity index is 2300. The Morgan fingerprint density at radius 3 is 2.28 bits per heavy atom. The fourth-order valence-electron chi connectivity index (χ4n) is 9.24. The van der Waals surface area contributed by atoms with Gasteiger partial charge in [0.05, 0.1) is 41.2 Å². The number of aliphatic hydroxyl groups excluding tert-OH is 2. The summed E-state index contributed by atoms with van der Waals surface area (Å²) in [5, 5.41) is 50.5. The fourth-order valence-corrected chi connectivity index (χ4v) is 9.24. The van der Waals surface area contributed by atoms with E-state index < -0.39 is 82.9 Å². The van der Waals surface area contributed by atoms with E-state index >= 15 is 0 Å². The maximum Gasteiger partial charge on any atom is 0.312 e. The lowest BCUT2D eigenvalue weighted by Gasteiger charge is -2.38. The lowest BCUT2D eigenvalue weighted by atomic mass is 9.78. The van der Waals surface area contributed by atoms with Gasteiger partial charge in [-0.3, -0.25) is 19.4 Å². The summed E-state index contributed by atoms with van der Waals surface area (Å²) < 4.78 is 24.0. The number of amides is 1. The zero-order valence-corrected chi connectivity index (χ0v) is 37.1. The molecule has 0 aliphatic carbocycles. The molecule has 332 valence electrons. The molecule has 1 amide bonds. The van der Waals surface area contributed by atoms with Gasteiger partial charge in [0.1, 0.15) is 34.0 Å². The molecule has 6 rings (SSSR count). The molecule has 5 N–H and O–H groups in total. The number of piperidine rings is 1. The smallest absolute Gasteiger partial charge is 0.312 e. The van der Waals surface area contributed by atoms with Gasteiger partial charge in [0.2, 0.25) is 0 Å². The number of phenolic OH excluding ortho intramolecular Hbond substituents is 2. The summed E-state index contributed by atoms with van der Waals surface area (Å²) in [6, 6.07) is 0. The van der Waals surface area contributed by atoms with Crippen LogP contribution < -0.4 is 20.8 Å². The lowest BCUT2D eigenvalue weighted by molar-refractivity contribution is -0.160. The molecule has 0 saturated carbocycles. The van der Waals surface area contributed by atoms with Crippen molar-refractivity contribution in [2.45, 2.75) is 118 Å². The van der Waals surface area contributed by atoms with E-state index in [9.17, 15) is 34.8 Å². The van der Waals surface area contributed by atoms with Crippen molar-refractivity contribution in [1.29, 1.82) is 0 Å². The second-order valence-electron chi connectivity index (χ2n) is 18.0. The number of likely N-dealkylation sites (tertiary alicyclic amines) is 1. The van der Waals surface area contributed by atoms with Crippen LogP contribution in [0.15, 0.2) is 46.1 Å². The topological polar surface area (TPSA) is 209 Å². The monoisotopic (exact) mass is 846 g/mol. The van der Waals surface area contributed by atoms with E-state index in [2.05, 4.69) is 29.1 Å². The number of fused-ring (bicyclic) bond motifs is 1. The van der Waals surface area contributed by atoms with Crippen LogP contribution >= 0.6 is 0 Å². The number of aromatic hydroxyl groups is 2. The summed E-state index contributed by atoms with van der Waals surface area (Å²) in [6.07, 6.45) is 5.07. The van der Waals surface area contributed by atoms with Crippen LogP contribution in [0.3, 0.4) is 0 Å². The molecule has 15 heteroatoms.